The normalized spacial score (nSPS) is 16.1. The highest BCUT2D eigenvalue weighted by molar-refractivity contribution is 6.30. The number of benzene rings is 2. The van der Waals surface area contributed by atoms with Gasteiger partial charge in [0.1, 0.15) is 0 Å². The number of carbonyl (C=O) groups is 1. The second kappa shape index (κ2) is 7.35. The number of nitrogens with two attached hydrogens (primary N) is 1. The number of rotatable bonds is 5. The summed E-state index contributed by atoms with van der Waals surface area (Å²) in [5.41, 5.74) is 7.91. The van der Waals surface area contributed by atoms with Gasteiger partial charge in [0.15, 0.2) is 0 Å². The molecule has 1 fully saturated rings. The molecule has 23 heavy (non-hydrogen) atoms. The van der Waals surface area contributed by atoms with Crippen molar-refractivity contribution in [2.45, 2.75) is 30.8 Å². The Morgan fingerprint density at radius 1 is 1.17 bits per heavy atom. The van der Waals surface area contributed by atoms with Gasteiger partial charge in [0.25, 0.3) is 0 Å². The Morgan fingerprint density at radius 2 is 1.87 bits per heavy atom. The van der Waals surface area contributed by atoms with Crippen molar-refractivity contribution in [2.24, 2.45) is 5.73 Å². The maximum atomic E-state index is 12.3. The molecule has 1 atom stereocenters. The first kappa shape index (κ1) is 17.8. The van der Waals surface area contributed by atoms with E-state index in [1.54, 1.807) is 0 Å². The van der Waals surface area contributed by atoms with Crippen LogP contribution in [0, 0.1) is 0 Å². The first-order chi connectivity index (χ1) is 10.6. The van der Waals surface area contributed by atoms with Crippen molar-refractivity contribution < 1.29 is 4.79 Å². The fourth-order valence-corrected chi connectivity index (χ4v) is 2.92. The third-order valence-corrected chi connectivity index (χ3v) is 4.37. The van der Waals surface area contributed by atoms with Gasteiger partial charge in [-0.05, 0) is 36.1 Å². The van der Waals surface area contributed by atoms with Crippen LogP contribution in [0.5, 0.6) is 0 Å². The quantitative estimate of drug-likeness (QED) is 0.857. The number of nitrogens with one attached hydrogen (secondary N) is 1. The van der Waals surface area contributed by atoms with Gasteiger partial charge in [0.05, 0.1) is 5.54 Å². The van der Waals surface area contributed by atoms with Crippen molar-refractivity contribution in [1.29, 1.82) is 0 Å². The van der Waals surface area contributed by atoms with Crippen molar-refractivity contribution in [2.75, 3.05) is 0 Å². The number of carbonyl (C=O) groups excluding carboxylic acids is 1. The molecule has 2 aromatic carbocycles. The van der Waals surface area contributed by atoms with Crippen LogP contribution in [0.15, 0.2) is 54.6 Å². The van der Waals surface area contributed by atoms with E-state index in [9.17, 15) is 4.79 Å². The van der Waals surface area contributed by atoms with Gasteiger partial charge in [-0.3, -0.25) is 4.79 Å². The molecule has 0 heterocycles. The smallest absolute Gasteiger partial charge is 0.222 e. The third kappa shape index (κ3) is 4.25. The zero-order valence-electron chi connectivity index (χ0n) is 12.7. The summed E-state index contributed by atoms with van der Waals surface area (Å²) in [5, 5.41) is 3.83. The maximum Gasteiger partial charge on any atom is 0.222 e. The summed E-state index contributed by atoms with van der Waals surface area (Å²) in [6.45, 7) is 0. The van der Waals surface area contributed by atoms with Gasteiger partial charge < -0.3 is 11.1 Å². The van der Waals surface area contributed by atoms with Crippen molar-refractivity contribution in [3.05, 3.63) is 70.7 Å². The van der Waals surface area contributed by atoms with Crippen molar-refractivity contribution >= 4 is 29.9 Å². The summed E-state index contributed by atoms with van der Waals surface area (Å²) in [7, 11) is 0. The SMILES string of the molecule is Cl.NC(CC(=O)NC1(c2cccc(Cl)c2)CC1)c1ccccc1. The van der Waals surface area contributed by atoms with Gasteiger partial charge in [-0.15, -0.1) is 12.4 Å². The Bertz CT molecular complexity index is 672. The Kier molecular flexibility index (Phi) is 5.69. The largest absolute Gasteiger partial charge is 0.347 e. The van der Waals surface area contributed by atoms with Crippen LogP contribution in [-0.2, 0) is 10.3 Å². The summed E-state index contributed by atoms with van der Waals surface area (Å²) in [6, 6.07) is 17.1. The van der Waals surface area contributed by atoms with Gasteiger partial charge in [-0.1, -0.05) is 54.1 Å². The zero-order chi connectivity index (χ0) is 15.6. The van der Waals surface area contributed by atoms with Crippen molar-refractivity contribution in [1.82, 2.24) is 5.32 Å². The average molecular weight is 351 g/mol. The second-order valence-corrected chi connectivity index (χ2v) is 6.30. The monoisotopic (exact) mass is 350 g/mol. The van der Waals surface area contributed by atoms with Gasteiger partial charge in [-0.25, -0.2) is 0 Å². The minimum absolute atomic E-state index is 0. The van der Waals surface area contributed by atoms with E-state index in [0.29, 0.717) is 5.02 Å². The lowest BCUT2D eigenvalue weighted by atomic mass is 10.0. The molecular weight excluding hydrogens is 331 g/mol. The summed E-state index contributed by atoms with van der Waals surface area (Å²) >= 11 is 6.05. The van der Waals surface area contributed by atoms with Gasteiger partial charge in [0, 0.05) is 17.5 Å². The van der Waals surface area contributed by atoms with E-state index >= 15 is 0 Å². The summed E-state index contributed by atoms with van der Waals surface area (Å²) < 4.78 is 0. The molecule has 3 rings (SSSR count). The molecule has 0 bridgehead atoms. The highest BCUT2D eigenvalue weighted by Crippen LogP contribution is 2.46. The number of amides is 1. The third-order valence-electron chi connectivity index (χ3n) is 4.14. The van der Waals surface area contributed by atoms with Crippen LogP contribution in [-0.4, -0.2) is 5.91 Å². The molecule has 122 valence electrons. The Balaban J connectivity index is 0.00000192. The number of hydrogen-bond acceptors (Lipinski definition) is 2. The number of hydrogen-bond donors (Lipinski definition) is 2. The molecule has 0 aromatic heterocycles. The van der Waals surface area contributed by atoms with Crippen LogP contribution in [0.4, 0.5) is 0 Å². The minimum atomic E-state index is -0.281. The van der Waals surface area contributed by atoms with E-state index in [-0.39, 0.29) is 36.3 Å². The van der Waals surface area contributed by atoms with E-state index in [4.69, 9.17) is 17.3 Å². The molecule has 5 heteroatoms. The van der Waals surface area contributed by atoms with E-state index < -0.39 is 0 Å². The van der Waals surface area contributed by atoms with Crippen LogP contribution in [0.25, 0.3) is 0 Å². The van der Waals surface area contributed by atoms with Crippen molar-refractivity contribution in [3.63, 3.8) is 0 Å². The van der Waals surface area contributed by atoms with E-state index in [0.717, 1.165) is 24.0 Å². The molecule has 1 aliphatic rings. The standard InChI is InChI=1S/C18H19ClN2O.ClH/c19-15-8-4-7-14(11-15)18(9-10-18)21-17(22)12-16(20)13-5-2-1-3-6-13;/h1-8,11,16H,9-10,12,20H2,(H,21,22);1H. The highest BCUT2D eigenvalue weighted by atomic mass is 35.5. The first-order valence-corrected chi connectivity index (χ1v) is 7.84. The highest BCUT2D eigenvalue weighted by Gasteiger charge is 2.45. The fourth-order valence-electron chi connectivity index (χ4n) is 2.73. The molecule has 0 saturated heterocycles. The molecule has 0 radical (unpaired) electrons. The topological polar surface area (TPSA) is 55.1 Å². The summed E-state index contributed by atoms with van der Waals surface area (Å²) in [6.07, 6.45) is 2.17. The second-order valence-electron chi connectivity index (χ2n) is 5.86. The molecule has 1 aliphatic carbocycles. The predicted molar refractivity (Wildman–Crippen MR) is 95.7 cm³/mol. The molecule has 1 unspecified atom stereocenters. The van der Waals surface area contributed by atoms with Crippen LogP contribution in [0.2, 0.25) is 5.02 Å². The van der Waals surface area contributed by atoms with Crippen LogP contribution in [0.1, 0.15) is 36.4 Å². The number of halogens is 2. The van der Waals surface area contributed by atoms with E-state index in [1.165, 1.54) is 0 Å². The van der Waals surface area contributed by atoms with Crippen LogP contribution in [0.3, 0.4) is 0 Å². The Hall–Kier alpha value is -1.55. The zero-order valence-corrected chi connectivity index (χ0v) is 14.2. The van der Waals surface area contributed by atoms with Crippen molar-refractivity contribution in [3.8, 4) is 0 Å². The van der Waals surface area contributed by atoms with Crippen LogP contribution >= 0.6 is 24.0 Å². The van der Waals surface area contributed by atoms with Gasteiger partial charge >= 0.3 is 0 Å². The molecule has 1 amide bonds. The molecule has 3 nitrogen and oxygen atoms in total. The van der Waals surface area contributed by atoms with Gasteiger partial charge in [0.2, 0.25) is 5.91 Å². The molecule has 2 aromatic rings. The summed E-state index contributed by atoms with van der Waals surface area (Å²) in [5.74, 6) is -0.0196. The van der Waals surface area contributed by atoms with E-state index in [1.807, 2.05) is 54.6 Å². The molecule has 0 aliphatic heterocycles. The summed E-state index contributed by atoms with van der Waals surface area (Å²) in [4.78, 5) is 12.3. The fraction of sp³-hybridized carbons (Fsp3) is 0.278. The van der Waals surface area contributed by atoms with Crippen LogP contribution < -0.4 is 11.1 Å². The molecule has 0 spiro atoms. The van der Waals surface area contributed by atoms with Gasteiger partial charge in [-0.2, -0.15) is 0 Å². The Morgan fingerprint density at radius 3 is 2.48 bits per heavy atom. The Labute approximate surface area is 147 Å². The molecular formula is C18H20Cl2N2O. The predicted octanol–water partition coefficient (Wildman–Crippen LogP) is 3.96. The minimum Gasteiger partial charge on any atom is -0.347 e. The van der Waals surface area contributed by atoms with E-state index in [2.05, 4.69) is 5.32 Å². The average Bonchev–Trinajstić information content (AvgIpc) is 3.29. The lowest BCUT2D eigenvalue weighted by molar-refractivity contribution is -0.122. The lowest BCUT2D eigenvalue weighted by Crippen LogP contribution is -2.36. The lowest BCUT2D eigenvalue weighted by Gasteiger charge is -2.20. The first-order valence-electron chi connectivity index (χ1n) is 7.47. The molecule has 3 N–H and O–H groups in total. The maximum absolute atomic E-state index is 12.3. The molecule has 1 saturated carbocycles.